The minimum Gasteiger partial charge on any atom is -0.435 e. The topological polar surface area (TPSA) is 118 Å². The zero-order valence-corrected chi connectivity index (χ0v) is 19.3. The van der Waals surface area contributed by atoms with Gasteiger partial charge in [0.05, 0.1) is 0 Å². The third kappa shape index (κ3) is 6.14. The van der Waals surface area contributed by atoms with Crippen molar-refractivity contribution in [1.29, 1.82) is 0 Å². The lowest BCUT2D eigenvalue weighted by Crippen LogP contribution is -2.24. The molecule has 0 unspecified atom stereocenters. The minimum absolute atomic E-state index is 0.0550. The smallest absolute Gasteiger partial charge is 0.387 e. The Morgan fingerprint density at radius 3 is 2.49 bits per heavy atom. The molecule has 0 spiro atoms. The van der Waals surface area contributed by atoms with E-state index in [9.17, 15) is 13.6 Å². The van der Waals surface area contributed by atoms with E-state index in [0.717, 1.165) is 17.0 Å². The molecular weight excluding hydrogens is 456 g/mol. The number of aromatic amines is 1. The van der Waals surface area contributed by atoms with E-state index >= 15 is 0 Å². The molecule has 180 valence electrons. The third-order valence-electron chi connectivity index (χ3n) is 4.97. The second-order valence-electron chi connectivity index (χ2n) is 7.87. The van der Waals surface area contributed by atoms with Crippen LogP contribution in [0.15, 0.2) is 48.7 Å². The molecule has 9 nitrogen and oxygen atoms in total. The molecule has 4 aromatic rings. The average Bonchev–Trinajstić information content (AvgIpc) is 3.22. The minimum atomic E-state index is -2.88. The molecule has 35 heavy (non-hydrogen) atoms. The number of ether oxygens (including phenoxy) is 1. The van der Waals surface area contributed by atoms with Crippen molar-refractivity contribution in [3.8, 4) is 17.1 Å². The van der Waals surface area contributed by atoms with Gasteiger partial charge in [-0.1, -0.05) is 12.1 Å². The normalized spacial score (nSPS) is 10.9. The fraction of sp³-hybridized carbons (Fsp3) is 0.208. The first-order valence-electron chi connectivity index (χ1n) is 10.7. The van der Waals surface area contributed by atoms with Gasteiger partial charge in [0.15, 0.2) is 11.6 Å². The summed E-state index contributed by atoms with van der Waals surface area (Å²) in [7, 11) is 0. The molecule has 0 bridgehead atoms. The summed E-state index contributed by atoms with van der Waals surface area (Å²) in [5.41, 5.74) is 4.00. The molecule has 1 aromatic carbocycles. The number of alkyl halides is 2. The van der Waals surface area contributed by atoms with E-state index in [-0.39, 0.29) is 23.9 Å². The van der Waals surface area contributed by atoms with Crippen molar-refractivity contribution in [3.05, 3.63) is 76.9 Å². The highest BCUT2D eigenvalue weighted by Crippen LogP contribution is 2.22. The maximum Gasteiger partial charge on any atom is 0.387 e. The second kappa shape index (κ2) is 10.2. The van der Waals surface area contributed by atoms with Gasteiger partial charge in [-0.05, 0) is 50.1 Å². The molecule has 0 atom stereocenters. The summed E-state index contributed by atoms with van der Waals surface area (Å²) in [4.78, 5) is 26.0. The number of H-pyrrole nitrogens is 1. The first-order valence-corrected chi connectivity index (χ1v) is 10.7. The van der Waals surface area contributed by atoms with Crippen LogP contribution < -0.4 is 15.4 Å². The maximum absolute atomic E-state index is 12.7. The van der Waals surface area contributed by atoms with Crippen molar-refractivity contribution in [2.45, 2.75) is 33.9 Å². The van der Waals surface area contributed by atoms with E-state index in [1.807, 2.05) is 26.0 Å². The van der Waals surface area contributed by atoms with Crippen LogP contribution in [-0.2, 0) is 6.54 Å². The third-order valence-corrected chi connectivity index (χ3v) is 4.97. The number of carbonyl (C=O) groups excluding carboxylic acids is 1. The summed E-state index contributed by atoms with van der Waals surface area (Å²) in [5, 5.41) is 12.9. The first kappa shape index (κ1) is 23.7. The number of amides is 1. The van der Waals surface area contributed by atoms with Gasteiger partial charge < -0.3 is 15.4 Å². The summed E-state index contributed by atoms with van der Waals surface area (Å²) < 4.78 is 28.9. The van der Waals surface area contributed by atoms with Crippen molar-refractivity contribution in [2.75, 3.05) is 5.32 Å². The van der Waals surface area contributed by atoms with Gasteiger partial charge in [-0.25, -0.2) is 9.97 Å². The van der Waals surface area contributed by atoms with Crippen LogP contribution in [-0.4, -0.2) is 37.7 Å². The Hall–Kier alpha value is -4.41. The van der Waals surface area contributed by atoms with Gasteiger partial charge in [-0.2, -0.15) is 13.9 Å². The standard InChI is InChI=1S/C24H23F2N7O2/c1-13-8-17(22-29-14(2)9-19(31-22)30-20-10-15(3)32-33-20)12-27-21(13)23(34)28-11-16-4-6-18(7-5-16)35-24(25)26/h4-10,12,24H,11H2,1-3H3,(H,28,34)(H2,29,30,31,32,33). The zero-order valence-electron chi connectivity index (χ0n) is 19.3. The molecular formula is C24H23F2N7O2. The first-order chi connectivity index (χ1) is 16.8. The van der Waals surface area contributed by atoms with E-state index in [4.69, 9.17) is 0 Å². The predicted octanol–water partition coefficient (Wildman–Crippen LogP) is 4.46. The zero-order chi connectivity index (χ0) is 24.9. The SMILES string of the molecule is Cc1cc(Nc2cc(C)[nH]n2)nc(-c2cnc(C(=O)NCc3ccc(OC(F)F)cc3)c(C)c2)n1. The number of nitrogens with zero attached hydrogens (tertiary/aromatic N) is 4. The fourth-order valence-corrected chi connectivity index (χ4v) is 3.36. The van der Waals surface area contributed by atoms with E-state index in [2.05, 4.69) is 40.5 Å². The number of benzene rings is 1. The summed E-state index contributed by atoms with van der Waals surface area (Å²) in [5.74, 6) is 1.39. The number of rotatable bonds is 8. The highest BCUT2D eigenvalue weighted by Gasteiger charge is 2.14. The lowest BCUT2D eigenvalue weighted by molar-refractivity contribution is -0.0498. The molecule has 0 fully saturated rings. The van der Waals surface area contributed by atoms with E-state index < -0.39 is 6.61 Å². The Labute approximate surface area is 200 Å². The van der Waals surface area contributed by atoms with Crippen LogP contribution in [0, 0.1) is 20.8 Å². The number of anilines is 2. The fourth-order valence-electron chi connectivity index (χ4n) is 3.36. The van der Waals surface area contributed by atoms with Crippen molar-refractivity contribution in [2.24, 2.45) is 0 Å². The molecule has 0 aliphatic carbocycles. The van der Waals surface area contributed by atoms with Gasteiger partial charge in [-0.15, -0.1) is 0 Å². The second-order valence-corrected chi connectivity index (χ2v) is 7.87. The molecule has 11 heteroatoms. The molecule has 3 heterocycles. The van der Waals surface area contributed by atoms with Gasteiger partial charge in [0.25, 0.3) is 5.91 Å². The van der Waals surface area contributed by atoms with Crippen molar-refractivity contribution >= 4 is 17.5 Å². The number of carbonyl (C=O) groups is 1. The highest BCUT2D eigenvalue weighted by atomic mass is 19.3. The maximum atomic E-state index is 12.7. The van der Waals surface area contributed by atoms with Crippen LogP contribution in [0.25, 0.3) is 11.4 Å². The summed E-state index contributed by atoms with van der Waals surface area (Å²) in [6.45, 7) is 2.87. The van der Waals surface area contributed by atoms with Gasteiger partial charge in [0, 0.05) is 41.8 Å². The Bertz CT molecular complexity index is 1340. The highest BCUT2D eigenvalue weighted by molar-refractivity contribution is 5.94. The number of hydrogen-bond donors (Lipinski definition) is 3. The molecule has 4 rings (SSSR count). The van der Waals surface area contributed by atoms with Crippen molar-refractivity contribution < 1.29 is 18.3 Å². The average molecular weight is 479 g/mol. The summed E-state index contributed by atoms with van der Waals surface area (Å²) in [6, 6.07) is 11.5. The summed E-state index contributed by atoms with van der Waals surface area (Å²) >= 11 is 0. The molecule has 0 saturated carbocycles. The van der Waals surface area contributed by atoms with Gasteiger partial charge in [-0.3, -0.25) is 14.9 Å². The van der Waals surface area contributed by atoms with Crippen LogP contribution in [0.3, 0.4) is 0 Å². The molecule has 0 saturated heterocycles. The molecule has 3 N–H and O–H groups in total. The number of halogens is 2. The predicted molar refractivity (Wildman–Crippen MR) is 126 cm³/mol. The molecule has 3 aromatic heterocycles. The van der Waals surface area contributed by atoms with Crippen LogP contribution in [0.2, 0.25) is 0 Å². The Kier molecular flexibility index (Phi) is 6.95. The van der Waals surface area contributed by atoms with Crippen molar-refractivity contribution in [3.63, 3.8) is 0 Å². The Morgan fingerprint density at radius 2 is 1.83 bits per heavy atom. The number of aromatic nitrogens is 5. The lowest BCUT2D eigenvalue weighted by Gasteiger charge is -2.10. The number of pyridine rings is 1. The van der Waals surface area contributed by atoms with E-state index in [0.29, 0.717) is 28.6 Å². The molecule has 1 amide bonds. The number of nitrogens with one attached hydrogen (secondary N) is 3. The van der Waals surface area contributed by atoms with Crippen molar-refractivity contribution in [1.82, 2.24) is 30.5 Å². The van der Waals surface area contributed by atoms with Gasteiger partial charge in [0.1, 0.15) is 17.3 Å². The van der Waals surface area contributed by atoms with E-state index in [1.54, 1.807) is 31.3 Å². The Balaban J connectivity index is 1.45. The van der Waals surface area contributed by atoms with Gasteiger partial charge in [0.2, 0.25) is 0 Å². The van der Waals surface area contributed by atoms with Crippen LogP contribution in [0.5, 0.6) is 5.75 Å². The summed E-state index contributed by atoms with van der Waals surface area (Å²) in [6.07, 6.45) is 1.55. The van der Waals surface area contributed by atoms with Crippen LogP contribution >= 0.6 is 0 Å². The largest absolute Gasteiger partial charge is 0.435 e. The quantitative estimate of drug-likeness (QED) is 0.341. The van der Waals surface area contributed by atoms with Crippen LogP contribution in [0.4, 0.5) is 20.4 Å². The molecule has 0 aliphatic rings. The lowest BCUT2D eigenvalue weighted by atomic mass is 10.1. The molecule has 0 aliphatic heterocycles. The van der Waals surface area contributed by atoms with E-state index in [1.165, 1.54) is 12.1 Å². The Morgan fingerprint density at radius 1 is 1.06 bits per heavy atom. The number of aryl methyl sites for hydroxylation is 3. The van der Waals surface area contributed by atoms with Gasteiger partial charge >= 0.3 is 6.61 Å². The monoisotopic (exact) mass is 479 g/mol. The number of hydrogen-bond acceptors (Lipinski definition) is 7. The van der Waals surface area contributed by atoms with Crippen LogP contribution in [0.1, 0.15) is 33.0 Å². The molecule has 0 radical (unpaired) electrons.